The van der Waals surface area contributed by atoms with Gasteiger partial charge in [0.05, 0.1) is 5.56 Å². The average Bonchev–Trinajstić information content (AvgIpc) is 2.78. The maximum Gasteiger partial charge on any atom is 0.281 e. The molecule has 0 N–H and O–H groups in total. The number of thiol groups is 1. The van der Waals surface area contributed by atoms with Gasteiger partial charge in [-0.3, -0.25) is 9.47 Å². The number of nitrogens with zero attached hydrogens (tertiary/aromatic N) is 3. The molecule has 0 spiro atoms. The molecular weight excluding hydrogens is 282 g/mol. The van der Waals surface area contributed by atoms with E-state index in [-0.39, 0.29) is 5.56 Å². The van der Waals surface area contributed by atoms with Crippen LogP contribution >= 0.6 is 12.6 Å². The van der Waals surface area contributed by atoms with Crippen molar-refractivity contribution < 1.29 is 0 Å². The van der Waals surface area contributed by atoms with Crippen molar-refractivity contribution in [1.29, 1.82) is 0 Å². The van der Waals surface area contributed by atoms with E-state index in [2.05, 4.69) is 24.5 Å². The monoisotopic (exact) mass is 301 g/mol. The number of hydrogen-bond acceptors (Lipinski definition) is 3. The highest BCUT2D eigenvalue weighted by atomic mass is 32.1. The molecule has 2 rings (SSSR count). The lowest BCUT2D eigenvalue weighted by Crippen LogP contribution is -2.29. The van der Waals surface area contributed by atoms with E-state index in [4.69, 9.17) is 0 Å². The topological polar surface area (TPSA) is 39.8 Å². The van der Waals surface area contributed by atoms with E-state index in [1.807, 2.05) is 48.9 Å². The normalized spacial score (nSPS) is 11.8. The fourth-order valence-electron chi connectivity index (χ4n) is 2.11. The first-order chi connectivity index (χ1) is 10.1. The summed E-state index contributed by atoms with van der Waals surface area (Å²) in [5.41, 5.74) is 2.29. The molecule has 0 aliphatic rings. The summed E-state index contributed by atoms with van der Waals surface area (Å²) in [6.07, 6.45) is 9.97. The Morgan fingerprint density at radius 3 is 2.52 bits per heavy atom. The zero-order chi connectivity index (χ0) is 15.4. The molecule has 0 aliphatic carbocycles. The van der Waals surface area contributed by atoms with Crippen molar-refractivity contribution in [2.45, 2.75) is 32.2 Å². The van der Waals surface area contributed by atoms with E-state index in [1.54, 1.807) is 6.08 Å². The Morgan fingerprint density at radius 2 is 1.90 bits per heavy atom. The quantitative estimate of drug-likeness (QED) is 0.535. The second-order valence-corrected chi connectivity index (χ2v) is 5.18. The molecule has 0 aliphatic heterocycles. The summed E-state index contributed by atoms with van der Waals surface area (Å²) in [7, 11) is 0. The van der Waals surface area contributed by atoms with Crippen molar-refractivity contribution in [1.82, 2.24) is 14.3 Å². The van der Waals surface area contributed by atoms with Crippen LogP contribution in [0.25, 0.3) is 6.08 Å². The molecule has 0 saturated heterocycles. The van der Waals surface area contributed by atoms with Crippen molar-refractivity contribution in [3.8, 4) is 0 Å². The van der Waals surface area contributed by atoms with Crippen molar-refractivity contribution in [2.24, 2.45) is 0 Å². The molecule has 0 amide bonds. The van der Waals surface area contributed by atoms with Gasteiger partial charge in [0.15, 0.2) is 0 Å². The first kappa shape index (κ1) is 15.4. The Balaban J connectivity index is 2.55. The zero-order valence-electron chi connectivity index (χ0n) is 12.4. The van der Waals surface area contributed by atoms with Crippen molar-refractivity contribution in [3.05, 3.63) is 64.0 Å². The fourth-order valence-corrected chi connectivity index (χ4v) is 2.33. The number of aryl methyl sites for hydroxylation is 2. The molecule has 4 nitrogen and oxygen atoms in total. The summed E-state index contributed by atoms with van der Waals surface area (Å²) >= 11 is 4.28. The maximum atomic E-state index is 12.6. The van der Waals surface area contributed by atoms with Gasteiger partial charge in [-0.1, -0.05) is 25.2 Å². The molecular formula is C16H19N3OS. The predicted molar refractivity (Wildman–Crippen MR) is 88.9 cm³/mol. The molecule has 5 heteroatoms. The van der Waals surface area contributed by atoms with Crippen molar-refractivity contribution in [3.63, 3.8) is 0 Å². The Labute approximate surface area is 129 Å². The van der Waals surface area contributed by atoms with E-state index in [1.165, 1.54) is 11.0 Å². The van der Waals surface area contributed by atoms with Gasteiger partial charge in [-0.05, 0) is 38.5 Å². The van der Waals surface area contributed by atoms with Gasteiger partial charge < -0.3 is 0 Å². The second kappa shape index (κ2) is 6.63. The minimum atomic E-state index is -0.140. The highest BCUT2D eigenvalue weighted by molar-refractivity contribution is 7.80. The molecule has 2 aromatic rings. The summed E-state index contributed by atoms with van der Waals surface area (Å²) in [5, 5.41) is 0.430. The molecule has 0 unspecified atom stereocenters. The van der Waals surface area contributed by atoms with Gasteiger partial charge in [0.2, 0.25) is 0 Å². The number of rotatable bonds is 4. The molecule has 0 fully saturated rings. The Morgan fingerprint density at radius 1 is 1.24 bits per heavy atom. The van der Waals surface area contributed by atoms with E-state index < -0.39 is 0 Å². The minimum absolute atomic E-state index is 0.140. The minimum Gasteiger partial charge on any atom is -0.267 e. The van der Waals surface area contributed by atoms with E-state index in [9.17, 15) is 4.79 Å². The van der Waals surface area contributed by atoms with Crippen molar-refractivity contribution in [2.75, 3.05) is 0 Å². The molecule has 0 bridgehead atoms. The van der Waals surface area contributed by atoms with Crippen LogP contribution in [0.3, 0.4) is 0 Å². The van der Waals surface area contributed by atoms with Crippen LogP contribution in [0.4, 0.5) is 0 Å². The summed E-state index contributed by atoms with van der Waals surface area (Å²) in [6.45, 7) is 5.96. The Hall–Kier alpha value is -2.01. The van der Waals surface area contributed by atoms with Crippen molar-refractivity contribution >= 4 is 18.7 Å². The second-order valence-electron chi connectivity index (χ2n) is 4.75. The van der Waals surface area contributed by atoms with Gasteiger partial charge >= 0.3 is 0 Å². The van der Waals surface area contributed by atoms with Crippen LogP contribution in [-0.4, -0.2) is 14.3 Å². The van der Waals surface area contributed by atoms with Crippen LogP contribution in [-0.2, 0) is 0 Å². The van der Waals surface area contributed by atoms with Gasteiger partial charge in [0.25, 0.3) is 5.56 Å². The third kappa shape index (κ3) is 3.19. The lowest BCUT2D eigenvalue weighted by molar-refractivity contribution is 0.579. The van der Waals surface area contributed by atoms with Gasteiger partial charge in [0.1, 0.15) is 11.4 Å². The number of hydrogen-bond donors (Lipinski definition) is 1. The van der Waals surface area contributed by atoms with E-state index in [0.717, 1.165) is 17.8 Å². The smallest absolute Gasteiger partial charge is 0.267 e. The molecule has 2 heterocycles. The molecule has 110 valence electrons. The summed E-state index contributed by atoms with van der Waals surface area (Å²) in [4.78, 5) is 16.8. The average molecular weight is 301 g/mol. The van der Waals surface area contributed by atoms with Gasteiger partial charge in [-0.25, -0.2) is 9.66 Å². The van der Waals surface area contributed by atoms with Gasteiger partial charge in [0, 0.05) is 11.4 Å². The SMILES string of the molecule is CC/C=C/C=C/c1c(S)ncn(-n2c(C)ccc2C)c1=O. The standard InChI is InChI=1S/C16H19N3OS/c1-4-5-6-7-8-14-15(21)17-11-18(16(14)20)19-12(2)9-10-13(19)3/h5-11,21H,4H2,1-3H3/b6-5+,8-7+. The largest absolute Gasteiger partial charge is 0.281 e. The molecule has 2 aromatic heterocycles. The molecule has 0 atom stereocenters. The third-order valence-corrected chi connectivity index (χ3v) is 3.52. The van der Waals surface area contributed by atoms with Crippen LogP contribution in [0, 0.1) is 13.8 Å². The lowest BCUT2D eigenvalue weighted by Gasteiger charge is -2.13. The number of aromatic nitrogens is 3. The van der Waals surface area contributed by atoms with E-state index >= 15 is 0 Å². The number of allylic oxidation sites excluding steroid dienone is 3. The zero-order valence-corrected chi connectivity index (χ0v) is 13.3. The molecule has 0 aromatic carbocycles. The summed E-state index contributed by atoms with van der Waals surface area (Å²) in [5.74, 6) is 0. The summed E-state index contributed by atoms with van der Waals surface area (Å²) in [6, 6.07) is 3.94. The lowest BCUT2D eigenvalue weighted by atomic mass is 10.3. The maximum absolute atomic E-state index is 12.6. The Bertz CT molecular complexity index is 734. The van der Waals surface area contributed by atoms with Crippen LogP contribution in [0.2, 0.25) is 0 Å². The third-order valence-electron chi connectivity index (χ3n) is 3.16. The van der Waals surface area contributed by atoms with Gasteiger partial charge in [-0.15, -0.1) is 12.6 Å². The first-order valence-corrected chi connectivity index (χ1v) is 7.30. The molecule has 21 heavy (non-hydrogen) atoms. The Kier molecular flexibility index (Phi) is 4.85. The predicted octanol–water partition coefficient (Wildman–Crippen LogP) is 3.24. The molecule has 0 saturated carbocycles. The van der Waals surface area contributed by atoms with Gasteiger partial charge in [-0.2, -0.15) is 0 Å². The highest BCUT2D eigenvalue weighted by Gasteiger charge is 2.10. The van der Waals surface area contributed by atoms with Crippen LogP contribution in [0.5, 0.6) is 0 Å². The van der Waals surface area contributed by atoms with Crippen LogP contribution in [0.1, 0.15) is 30.3 Å². The van der Waals surface area contributed by atoms with Crippen LogP contribution < -0.4 is 5.56 Å². The van der Waals surface area contributed by atoms with Crippen LogP contribution in [0.15, 0.2) is 46.5 Å². The first-order valence-electron chi connectivity index (χ1n) is 6.85. The fraction of sp³-hybridized carbons (Fsp3) is 0.250. The highest BCUT2D eigenvalue weighted by Crippen LogP contribution is 2.10. The summed E-state index contributed by atoms with van der Waals surface area (Å²) < 4.78 is 3.34. The molecule has 0 radical (unpaired) electrons. The van der Waals surface area contributed by atoms with E-state index in [0.29, 0.717) is 10.6 Å².